The smallest absolute Gasteiger partial charge is 0.124 e. The van der Waals surface area contributed by atoms with Gasteiger partial charge in [-0.2, -0.15) is 0 Å². The molecule has 0 aromatic carbocycles. The second-order valence-corrected chi connectivity index (χ2v) is 4.37. The molecule has 0 spiro atoms. The largest absolute Gasteiger partial charge is 0.397 e. The van der Waals surface area contributed by atoms with Crippen molar-refractivity contribution >= 4 is 29.0 Å². The number of rotatable bonds is 4. The van der Waals surface area contributed by atoms with Crippen LogP contribution in [-0.4, -0.2) is 21.9 Å². The first-order valence-corrected chi connectivity index (χ1v) is 6.31. The Morgan fingerprint density at radius 1 is 1.24 bits per heavy atom. The molecule has 0 aliphatic carbocycles. The third kappa shape index (κ3) is 2.94. The van der Waals surface area contributed by atoms with Gasteiger partial charge in [-0.3, -0.25) is 10.4 Å². The van der Waals surface area contributed by atoms with E-state index in [4.69, 9.17) is 22.3 Å². The van der Waals surface area contributed by atoms with Gasteiger partial charge < -0.3 is 16.9 Å². The molecule has 6 nitrogen and oxygen atoms in total. The molecule has 0 atom stereocenters. The Bertz CT molecular complexity index is 733. The summed E-state index contributed by atoms with van der Waals surface area (Å²) in [5.41, 5.74) is 14.3. The quantitative estimate of drug-likeness (QED) is 0.640. The van der Waals surface area contributed by atoms with Crippen LogP contribution in [0.25, 0.3) is 5.57 Å². The summed E-state index contributed by atoms with van der Waals surface area (Å²) in [6, 6.07) is 6.78. The Morgan fingerprint density at radius 2 is 2.00 bits per heavy atom. The lowest BCUT2D eigenvalue weighted by Crippen LogP contribution is -2.10. The van der Waals surface area contributed by atoms with Gasteiger partial charge in [-0.05, 0) is 25.1 Å². The standard InChI is InChI=1S/C15H16N6/c1-2-9(7-16)13-6-10(11(17)8-20-13)15(19)12-4-3-5-14(18)21-12/h2-8,16,19H,17H2,1H3,(H2,18,21). The summed E-state index contributed by atoms with van der Waals surface area (Å²) in [7, 11) is 0. The maximum Gasteiger partial charge on any atom is 0.124 e. The van der Waals surface area contributed by atoms with Crippen molar-refractivity contribution in [3.63, 3.8) is 0 Å². The molecule has 0 saturated heterocycles. The van der Waals surface area contributed by atoms with Gasteiger partial charge in [-0.15, -0.1) is 0 Å². The zero-order valence-electron chi connectivity index (χ0n) is 11.6. The summed E-state index contributed by atoms with van der Waals surface area (Å²) in [5.74, 6) is 0.346. The van der Waals surface area contributed by atoms with Crippen LogP contribution in [-0.2, 0) is 0 Å². The second-order valence-electron chi connectivity index (χ2n) is 4.37. The van der Waals surface area contributed by atoms with Gasteiger partial charge in [0.15, 0.2) is 0 Å². The van der Waals surface area contributed by atoms with E-state index in [2.05, 4.69) is 9.97 Å². The number of allylic oxidation sites excluding steroid dienone is 2. The zero-order chi connectivity index (χ0) is 15.4. The first-order chi connectivity index (χ1) is 10.1. The van der Waals surface area contributed by atoms with Gasteiger partial charge >= 0.3 is 0 Å². The predicted molar refractivity (Wildman–Crippen MR) is 85.7 cm³/mol. The molecule has 2 aromatic heterocycles. The average molecular weight is 280 g/mol. The third-order valence-corrected chi connectivity index (χ3v) is 2.99. The maximum absolute atomic E-state index is 8.26. The van der Waals surface area contributed by atoms with Crippen LogP contribution in [0.1, 0.15) is 23.9 Å². The highest BCUT2D eigenvalue weighted by Gasteiger charge is 2.12. The first kappa shape index (κ1) is 14.4. The normalized spacial score (nSPS) is 11.2. The van der Waals surface area contributed by atoms with E-state index in [1.807, 2.05) is 6.92 Å². The molecule has 0 radical (unpaired) electrons. The molecule has 0 unspecified atom stereocenters. The lowest BCUT2D eigenvalue weighted by Gasteiger charge is -2.09. The highest BCUT2D eigenvalue weighted by molar-refractivity contribution is 6.14. The van der Waals surface area contributed by atoms with Gasteiger partial charge in [-0.1, -0.05) is 12.1 Å². The van der Waals surface area contributed by atoms with Crippen LogP contribution >= 0.6 is 0 Å². The highest BCUT2D eigenvalue weighted by atomic mass is 14.8. The third-order valence-electron chi connectivity index (χ3n) is 2.99. The maximum atomic E-state index is 8.26. The Hall–Kier alpha value is -3.02. The van der Waals surface area contributed by atoms with E-state index in [1.54, 1.807) is 30.3 Å². The number of pyridine rings is 2. The van der Waals surface area contributed by atoms with Crippen molar-refractivity contribution in [2.45, 2.75) is 6.92 Å². The molecule has 21 heavy (non-hydrogen) atoms. The van der Waals surface area contributed by atoms with Crippen molar-refractivity contribution in [2.24, 2.45) is 0 Å². The Balaban J connectivity index is 2.50. The van der Waals surface area contributed by atoms with E-state index in [0.29, 0.717) is 34.0 Å². The van der Waals surface area contributed by atoms with Gasteiger partial charge in [0.05, 0.1) is 29.0 Å². The van der Waals surface area contributed by atoms with Crippen LogP contribution in [0, 0.1) is 10.8 Å². The molecule has 0 aliphatic rings. The minimum absolute atomic E-state index is 0.170. The van der Waals surface area contributed by atoms with Crippen LogP contribution in [0.15, 0.2) is 36.5 Å². The lowest BCUT2D eigenvalue weighted by atomic mass is 10.0. The SMILES string of the molecule is CC=C(C=N)c1cc(C(=N)c2cccc(N)n2)c(N)cn1. The van der Waals surface area contributed by atoms with Crippen molar-refractivity contribution in [1.82, 2.24) is 9.97 Å². The second kappa shape index (κ2) is 5.96. The summed E-state index contributed by atoms with van der Waals surface area (Å²) in [5, 5.41) is 15.6. The summed E-state index contributed by atoms with van der Waals surface area (Å²) in [4.78, 5) is 8.31. The lowest BCUT2D eigenvalue weighted by molar-refractivity contribution is 1.25. The van der Waals surface area contributed by atoms with Gasteiger partial charge in [0.25, 0.3) is 0 Å². The Labute approximate surface area is 122 Å². The molecular weight excluding hydrogens is 264 g/mol. The number of nitrogens with zero attached hydrogens (tertiary/aromatic N) is 2. The van der Waals surface area contributed by atoms with Crippen LogP contribution in [0.5, 0.6) is 0 Å². The van der Waals surface area contributed by atoms with E-state index in [9.17, 15) is 0 Å². The number of nitrogens with two attached hydrogens (primary N) is 2. The Morgan fingerprint density at radius 3 is 2.62 bits per heavy atom. The highest BCUT2D eigenvalue weighted by Crippen LogP contribution is 2.19. The van der Waals surface area contributed by atoms with Crippen molar-refractivity contribution in [2.75, 3.05) is 11.5 Å². The fourth-order valence-electron chi connectivity index (χ4n) is 1.87. The average Bonchev–Trinajstić information content (AvgIpc) is 2.49. The molecule has 6 N–H and O–H groups in total. The fourth-order valence-corrected chi connectivity index (χ4v) is 1.87. The van der Waals surface area contributed by atoms with Gasteiger partial charge in [0, 0.05) is 17.4 Å². The van der Waals surface area contributed by atoms with E-state index in [1.165, 1.54) is 12.4 Å². The minimum atomic E-state index is 0.170. The number of aromatic nitrogens is 2. The van der Waals surface area contributed by atoms with E-state index >= 15 is 0 Å². The topological polar surface area (TPSA) is 126 Å². The van der Waals surface area contributed by atoms with E-state index in [-0.39, 0.29) is 5.71 Å². The van der Waals surface area contributed by atoms with Crippen LogP contribution < -0.4 is 11.5 Å². The molecule has 0 saturated carbocycles. The van der Waals surface area contributed by atoms with Crippen molar-refractivity contribution in [3.8, 4) is 0 Å². The number of nitrogen functional groups attached to an aromatic ring is 2. The Kier molecular flexibility index (Phi) is 4.08. The summed E-state index contributed by atoms with van der Waals surface area (Å²) in [6.45, 7) is 1.82. The van der Waals surface area contributed by atoms with Crippen LogP contribution in [0.3, 0.4) is 0 Å². The monoisotopic (exact) mass is 280 g/mol. The molecular formula is C15H16N6. The zero-order valence-corrected chi connectivity index (χ0v) is 11.6. The van der Waals surface area contributed by atoms with Gasteiger partial charge in [0.2, 0.25) is 0 Å². The van der Waals surface area contributed by atoms with E-state index in [0.717, 1.165) is 0 Å². The van der Waals surface area contributed by atoms with Crippen LogP contribution in [0.2, 0.25) is 0 Å². The van der Waals surface area contributed by atoms with Crippen molar-refractivity contribution in [3.05, 3.63) is 53.5 Å². The van der Waals surface area contributed by atoms with Crippen molar-refractivity contribution in [1.29, 1.82) is 10.8 Å². The van der Waals surface area contributed by atoms with Gasteiger partial charge in [0.1, 0.15) is 5.82 Å². The summed E-state index contributed by atoms with van der Waals surface area (Å²) < 4.78 is 0. The first-order valence-electron chi connectivity index (χ1n) is 6.31. The molecule has 6 heteroatoms. The van der Waals surface area contributed by atoms with Gasteiger partial charge in [-0.25, -0.2) is 4.98 Å². The molecule has 2 rings (SSSR count). The number of anilines is 2. The molecule has 106 valence electrons. The predicted octanol–water partition coefficient (Wildman–Crippen LogP) is 2.11. The number of hydrogen-bond donors (Lipinski definition) is 4. The van der Waals surface area contributed by atoms with Crippen LogP contribution in [0.4, 0.5) is 11.5 Å². The molecule has 0 aliphatic heterocycles. The van der Waals surface area contributed by atoms with E-state index < -0.39 is 0 Å². The molecule has 0 bridgehead atoms. The summed E-state index contributed by atoms with van der Waals surface area (Å²) in [6.07, 6.45) is 4.47. The van der Waals surface area contributed by atoms with Crippen molar-refractivity contribution < 1.29 is 0 Å². The molecule has 0 fully saturated rings. The number of hydrogen-bond acceptors (Lipinski definition) is 6. The molecule has 0 amide bonds. The molecule has 2 heterocycles. The number of nitrogens with one attached hydrogen (secondary N) is 2. The fraction of sp³-hybridized carbons (Fsp3) is 0.0667. The minimum Gasteiger partial charge on any atom is -0.397 e. The molecule has 2 aromatic rings. The summed E-state index contributed by atoms with van der Waals surface area (Å²) >= 11 is 0.